The van der Waals surface area contributed by atoms with Crippen LogP contribution in [-0.2, 0) is 24.2 Å². The number of amides is 1. The summed E-state index contributed by atoms with van der Waals surface area (Å²) < 4.78 is 14.2. The third-order valence-corrected chi connectivity index (χ3v) is 7.65. The highest BCUT2D eigenvalue weighted by Crippen LogP contribution is 2.26. The fourth-order valence-electron chi connectivity index (χ4n) is 5.21. The van der Waals surface area contributed by atoms with Crippen LogP contribution in [0.2, 0.25) is 5.02 Å². The van der Waals surface area contributed by atoms with E-state index in [4.69, 9.17) is 31.2 Å². The predicted octanol–water partition coefficient (Wildman–Crippen LogP) is 4.99. The molecule has 4 heterocycles. The SMILES string of the molecule is O=C(O)Nc1ccc2c(c1)nc(CN1CCC(Oc3ccnc(Cc4ccc(Cl)cc4)n3)CC1)n2CC1CCO1. The molecule has 2 N–H and O–H groups in total. The van der Waals surface area contributed by atoms with Crippen molar-refractivity contribution in [3.8, 4) is 5.88 Å². The number of hydrogen-bond acceptors (Lipinski definition) is 7. The number of ether oxygens (including phenoxy) is 2. The number of carbonyl (C=O) groups is 1. The summed E-state index contributed by atoms with van der Waals surface area (Å²) in [5.74, 6) is 2.28. The lowest BCUT2D eigenvalue weighted by Gasteiger charge is -2.32. The van der Waals surface area contributed by atoms with Gasteiger partial charge in [0.25, 0.3) is 0 Å². The van der Waals surface area contributed by atoms with Crippen LogP contribution in [0.25, 0.3) is 11.0 Å². The number of carboxylic acid groups (broad SMARTS) is 1. The summed E-state index contributed by atoms with van der Waals surface area (Å²) in [6, 6.07) is 15.0. The first kappa shape index (κ1) is 26.5. The Kier molecular flexibility index (Phi) is 7.81. The van der Waals surface area contributed by atoms with E-state index in [9.17, 15) is 4.79 Å². The molecule has 0 aliphatic carbocycles. The Morgan fingerprint density at radius 2 is 1.90 bits per heavy atom. The van der Waals surface area contributed by atoms with Crippen LogP contribution in [0.1, 0.15) is 36.5 Å². The molecule has 10 nitrogen and oxygen atoms in total. The molecular formula is C29H31ClN6O4. The maximum absolute atomic E-state index is 11.1. The molecule has 0 spiro atoms. The molecule has 0 saturated carbocycles. The molecule has 1 amide bonds. The molecule has 1 unspecified atom stereocenters. The predicted molar refractivity (Wildman–Crippen MR) is 151 cm³/mol. The summed E-state index contributed by atoms with van der Waals surface area (Å²) >= 11 is 5.99. The van der Waals surface area contributed by atoms with Gasteiger partial charge in [-0.15, -0.1) is 0 Å². The molecule has 0 radical (unpaired) electrons. The van der Waals surface area contributed by atoms with Crippen molar-refractivity contribution in [2.45, 2.75) is 51.0 Å². The zero-order valence-electron chi connectivity index (χ0n) is 22.0. The summed E-state index contributed by atoms with van der Waals surface area (Å²) in [5, 5.41) is 12.2. The Morgan fingerprint density at radius 1 is 1.10 bits per heavy atom. The number of halogens is 1. The van der Waals surface area contributed by atoms with E-state index in [1.165, 1.54) is 0 Å². The maximum atomic E-state index is 11.1. The van der Waals surface area contributed by atoms with E-state index in [2.05, 4.69) is 24.8 Å². The second kappa shape index (κ2) is 11.8. The Bertz CT molecular complexity index is 1480. The van der Waals surface area contributed by atoms with Gasteiger partial charge in [-0.25, -0.2) is 14.8 Å². The van der Waals surface area contributed by atoms with E-state index in [-0.39, 0.29) is 12.2 Å². The van der Waals surface area contributed by atoms with Crippen molar-refractivity contribution in [3.05, 3.63) is 77.0 Å². The second-order valence-corrected chi connectivity index (χ2v) is 10.7. The molecule has 6 rings (SSSR count). The van der Waals surface area contributed by atoms with Crippen molar-refractivity contribution in [1.82, 2.24) is 24.4 Å². The standard InChI is InChI=1S/C29H31ClN6O4/c30-20-3-1-19(2-4-20)15-26-31-11-7-28(34-26)40-22-8-12-35(13-9-22)18-27-33-24-16-21(32-29(37)38)5-6-25(24)36(27)17-23-10-14-39-23/h1-7,11,16,22-23,32H,8-10,12-15,17-18H2,(H,37,38). The molecule has 208 valence electrons. The fraction of sp³-hybridized carbons (Fsp3) is 0.379. The molecule has 2 fully saturated rings. The number of imidazole rings is 1. The van der Waals surface area contributed by atoms with Crippen molar-refractivity contribution < 1.29 is 19.4 Å². The van der Waals surface area contributed by atoms with Gasteiger partial charge in [0.15, 0.2) is 0 Å². The highest BCUT2D eigenvalue weighted by molar-refractivity contribution is 6.30. The van der Waals surface area contributed by atoms with Crippen LogP contribution in [0.15, 0.2) is 54.7 Å². The number of benzene rings is 2. The zero-order chi connectivity index (χ0) is 27.5. The third-order valence-electron chi connectivity index (χ3n) is 7.40. The molecule has 2 aromatic carbocycles. The summed E-state index contributed by atoms with van der Waals surface area (Å²) in [5.41, 5.74) is 3.36. The second-order valence-electron chi connectivity index (χ2n) is 10.3. The van der Waals surface area contributed by atoms with Gasteiger partial charge < -0.3 is 19.1 Å². The Balaban J connectivity index is 1.08. The number of fused-ring (bicyclic) bond motifs is 1. The molecule has 2 aliphatic rings. The number of nitrogens with zero attached hydrogens (tertiary/aromatic N) is 5. The van der Waals surface area contributed by atoms with Crippen LogP contribution in [0.5, 0.6) is 5.88 Å². The van der Waals surface area contributed by atoms with Gasteiger partial charge in [0, 0.05) is 49.1 Å². The summed E-state index contributed by atoms with van der Waals surface area (Å²) in [7, 11) is 0. The van der Waals surface area contributed by atoms with Crippen molar-refractivity contribution >= 4 is 34.4 Å². The summed E-state index contributed by atoms with van der Waals surface area (Å²) in [4.78, 5) is 27.4. The number of aromatic nitrogens is 4. The lowest BCUT2D eigenvalue weighted by Crippen LogP contribution is -2.39. The van der Waals surface area contributed by atoms with E-state index in [0.717, 1.165) is 67.9 Å². The van der Waals surface area contributed by atoms with Gasteiger partial charge in [0.2, 0.25) is 5.88 Å². The number of hydrogen-bond donors (Lipinski definition) is 2. The smallest absolute Gasteiger partial charge is 0.409 e. The monoisotopic (exact) mass is 562 g/mol. The molecule has 4 aromatic rings. The number of anilines is 1. The van der Waals surface area contributed by atoms with Gasteiger partial charge in [-0.3, -0.25) is 10.2 Å². The number of piperidine rings is 1. The van der Waals surface area contributed by atoms with Crippen molar-refractivity contribution in [2.75, 3.05) is 25.0 Å². The lowest BCUT2D eigenvalue weighted by molar-refractivity contribution is -0.0592. The maximum Gasteiger partial charge on any atom is 0.409 e. The van der Waals surface area contributed by atoms with Gasteiger partial charge in [-0.1, -0.05) is 23.7 Å². The largest absolute Gasteiger partial charge is 0.474 e. The molecule has 0 bridgehead atoms. The minimum absolute atomic E-state index is 0.0846. The quantitative estimate of drug-likeness (QED) is 0.293. The van der Waals surface area contributed by atoms with Gasteiger partial charge in [-0.2, -0.15) is 4.98 Å². The van der Waals surface area contributed by atoms with Gasteiger partial charge in [-0.05, 0) is 55.2 Å². The molecule has 2 aliphatic heterocycles. The fourth-order valence-corrected chi connectivity index (χ4v) is 5.34. The molecule has 1 atom stereocenters. The van der Waals surface area contributed by atoms with Gasteiger partial charge >= 0.3 is 6.09 Å². The Labute approximate surface area is 236 Å². The van der Waals surface area contributed by atoms with Crippen molar-refractivity contribution in [3.63, 3.8) is 0 Å². The van der Waals surface area contributed by atoms with Crippen LogP contribution in [0.3, 0.4) is 0 Å². The number of likely N-dealkylation sites (tertiary alicyclic amines) is 1. The van der Waals surface area contributed by atoms with Crippen molar-refractivity contribution in [1.29, 1.82) is 0 Å². The number of rotatable bonds is 9. The van der Waals surface area contributed by atoms with Crippen LogP contribution in [-0.4, -0.2) is 67.5 Å². The Morgan fingerprint density at radius 3 is 2.62 bits per heavy atom. The summed E-state index contributed by atoms with van der Waals surface area (Å²) in [6.45, 7) is 3.99. The van der Waals surface area contributed by atoms with E-state index < -0.39 is 6.09 Å². The van der Waals surface area contributed by atoms with E-state index >= 15 is 0 Å². The van der Waals surface area contributed by atoms with E-state index in [1.54, 1.807) is 18.3 Å². The highest BCUT2D eigenvalue weighted by Gasteiger charge is 2.25. The first-order chi connectivity index (χ1) is 19.5. The van der Waals surface area contributed by atoms with E-state index in [0.29, 0.717) is 35.4 Å². The molecule has 40 heavy (non-hydrogen) atoms. The average molecular weight is 563 g/mol. The molecule has 2 saturated heterocycles. The summed E-state index contributed by atoms with van der Waals surface area (Å²) in [6.07, 6.45) is 4.34. The van der Waals surface area contributed by atoms with Crippen LogP contribution in [0, 0.1) is 0 Å². The van der Waals surface area contributed by atoms with E-state index in [1.807, 2.05) is 36.4 Å². The zero-order valence-corrected chi connectivity index (χ0v) is 22.8. The van der Waals surface area contributed by atoms with Gasteiger partial charge in [0.1, 0.15) is 17.8 Å². The van der Waals surface area contributed by atoms with Crippen LogP contribution >= 0.6 is 11.6 Å². The highest BCUT2D eigenvalue weighted by atomic mass is 35.5. The lowest BCUT2D eigenvalue weighted by atomic mass is 10.1. The van der Waals surface area contributed by atoms with Crippen LogP contribution < -0.4 is 10.1 Å². The first-order valence-corrected chi connectivity index (χ1v) is 13.9. The van der Waals surface area contributed by atoms with Crippen molar-refractivity contribution in [2.24, 2.45) is 0 Å². The average Bonchev–Trinajstić information content (AvgIpc) is 3.24. The van der Waals surface area contributed by atoms with Gasteiger partial charge in [0.05, 0.1) is 30.2 Å². The normalized spacial score (nSPS) is 18.0. The molecular weight excluding hydrogens is 532 g/mol. The molecule has 2 aromatic heterocycles. The minimum Gasteiger partial charge on any atom is -0.474 e. The number of nitrogens with one attached hydrogen (secondary N) is 1. The first-order valence-electron chi connectivity index (χ1n) is 13.5. The topological polar surface area (TPSA) is 115 Å². The Hall–Kier alpha value is -3.73. The minimum atomic E-state index is -1.09. The third kappa shape index (κ3) is 6.35. The van der Waals surface area contributed by atoms with Crippen LogP contribution in [0.4, 0.5) is 10.5 Å². The molecule has 11 heteroatoms.